The van der Waals surface area contributed by atoms with Crippen molar-refractivity contribution >= 4 is 11.6 Å². The molecule has 1 aromatic carbocycles. The van der Waals surface area contributed by atoms with Crippen LogP contribution in [0.5, 0.6) is 0 Å². The summed E-state index contributed by atoms with van der Waals surface area (Å²) in [6, 6.07) is 7.93. The van der Waals surface area contributed by atoms with Crippen molar-refractivity contribution in [2.24, 2.45) is 0 Å². The molecule has 1 unspecified atom stereocenters. The highest BCUT2D eigenvalue weighted by atomic mass is 35.5. The van der Waals surface area contributed by atoms with Gasteiger partial charge in [0.15, 0.2) is 0 Å². The van der Waals surface area contributed by atoms with E-state index in [-0.39, 0.29) is 6.04 Å². The van der Waals surface area contributed by atoms with Crippen molar-refractivity contribution in [3.05, 3.63) is 34.9 Å². The highest BCUT2D eigenvalue weighted by Crippen LogP contribution is 2.10. The average Bonchev–Trinajstić information content (AvgIpc) is 2.19. The Morgan fingerprint density at radius 3 is 2.38 bits per heavy atom. The van der Waals surface area contributed by atoms with E-state index in [9.17, 15) is 5.11 Å². The lowest BCUT2D eigenvalue weighted by molar-refractivity contribution is 0.0446. The van der Waals surface area contributed by atoms with Crippen molar-refractivity contribution in [1.82, 2.24) is 5.32 Å². The molecule has 0 bridgehead atoms. The van der Waals surface area contributed by atoms with Crippen LogP contribution in [-0.4, -0.2) is 23.3 Å². The molecular weight excluding hydrogens is 222 g/mol. The second-order valence-electron chi connectivity index (χ2n) is 4.71. The second kappa shape index (κ2) is 5.67. The third kappa shape index (κ3) is 4.52. The van der Waals surface area contributed by atoms with Crippen LogP contribution in [0.3, 0.4) is 0 Å². The van der Waals surface area contributed by atoms with Gasteiger partial charge in [-0.05, 0) is 51.4 Å². The van der Waals surface area contributed by atoms with E-state index in [1.54, 1.807) is 0 Å². The molecule has 0 aliphatic heterocycles. The Labute approximate surface area is 103 Å². The molecule has 0 radical (unpaired) electrons. The minimum atomic E-state index is -0.681. The van der Waals surface area contributed by atoms with Crippen LogP contribution in [-0.2, 0) is 6.42 Å². The molecule has 0 heterocycles. The summed E-state index contributed by atoms with van der Waals surface area (Å²) in [5, 5.41) is 13.8. The fourth-order valence-corrected chi connectivity index (χ4v) is 1.46. The van der Waals surface area contributed by atoms with Crippen LogP contribution < -0.4 is 5.32 Å². The zero-order chi connectivity index (χ0) is 12.2. The van der Waals surface area contributed by atoms with Crippen molar-refractivity contribution < 1.29 is 5.11 Å². The number of hydrogen-bond donors (Lipinski definition) is 2. The minimum Gasteiger partial charge on any atom is -0.389 e. The third-order valence-electron chi connectivity index (χ3n) is 2.84. The maximum Gasteiger partial charge on any atom is 0.0741 e. The lowest BCUT2D eigenvalue weighted by Crippen LogP contribution is -2.45. The number of rotatable bonds is 5. The van der Waals surface area contributed by atoms with E-state index in [0.717, 1.165) is 18.0 Å². The molecule has 0 aromatic heterocycles. The van der Waals surface area contributed by atoms with Gasteiger partial charge in [0.25, 0.3) is 0 Å². The first-order valence-electron chi connectivity index (χ1n) is 5.60. The highest BCUT2D eigenvalue weighted by molar-refractivity contribution is 6.30. The standard InChI is InChI=1S/C13H20ClNO/c1-10(13(2,3)16)15-9-8-11-4-6-12(14)7-5-11/h4-7,10,15-16H,8-9H2,1-3H3. The summed E-state index contributed by atoms with van der Waals surface area (Å²) in [7, 11) is 0. The molecule has 0 aliphatic rings. The molecule has 2 nitrogen and oxygen atoms in total. The molecule has 2 N–H and O–H groups in total. The Morgan fingerprint density at radius 2 is 1.88 bits per heavy atom. The van der Waals surface area contributed by atoms with Gasteiger partial charge in [-0.1, -0.05) is 23.7 Å². The number of benzene rings is 1. The van der Waals surface area contributed by atoms with Gasteiger partial charge in [0.1, 0.15) is 0 Å². The van der Waals surface area contributed by atoms with Gasteiger partial charge in [0.2, 0.25) is 0 Å². The van der Waals surface area contributed by atoms with E-state index in [1.807, 2.05) is 45.0 Å². The van der Waals surface area contributed by atoms with Gasteiger partial charge in [0, 0.05) is 11.1 Å². The number of hydrogen-bond acceptors (Lipinski definition) is 2. The van der Waals surface area contributed by atoms with Crippen LogP contribution in [0.15, 0.2) is 24.3 Å². The van der Waals surface area contributed by atoms with Gasteiger partial charge in [-0.15, -0.1) is 0 Å². The maximum atomic E-state index is 9.74. The summed E-state index contributed by atoms with van der Waals surface area (Å²) in [6.07, 6.45) is 0.942. The van der Waals surface area contributed by atoms with E-state index < -0.39 is 5.60 Å². The van der Waals surface area contributed by atoms with Crippen LogP contribution in [0.4, 0.5) is 0 Å². The fourth-order valence-electron chi connectivity index (χ4n) is 1.33. The Hall–Kier alpha value is -0.570. The van der Waals surface area contributed by atoms with Gasteiger partial charge < -0.3 is 10.4 Å². The summed E-state index contributed by atoms with van der Waals surface area (Å²) < 4.78 is 0. The molecule has 3 heteroatoms. The Bertz CT molecular complexity index is 316. The largest absolute Gasteiger partial charge is 0.389 e. The molecule has 16 heavy (non-hydrogen) atoms. The first kappa shape index (κ1) is 13.5. The zero-order valence-electron chi connectivity index (χ0n) is 10.1. The first-order chi connectivity index (χ1) is 7.39. The van der Waals surface area contributed by atoms with Gasteiger partial charge in [0.05, 0.1) is 5.60 Å². The quantitative estimate of drug-likeness (QED) is 0.831. The third-order valence-corrected chi connectivity index (χ3v) is 3.09. The molecule has 1 aromatic rings. The van der Waals surface area contributed by atoms with Crippen LogP contribution in [0, 0.1) is 0 Å². The second-order valence-corrected chi connectivity index (χ2v) is 5.14. The molecule has 1 rings (SSSR count). The van der Waals surface area contributed by atoms with Crippen molar-refractivity contribution in [1.29, 1.82) is 0 Å². The van der Waals surface area contributed by atoms with Crippen LogP contribution in [0.2, 0.25) is 5.02 Å². The SMILES string of the molecule is CC(NCCc1ccc(Cl)cc1)C(C)(C)O. The predicted octanol–water partition coefficient (Wildman–Crippen LogP) is 2.63. The molecule has 0 fully saturated rings. The van der Waals surface area contributed by atoms with Gasteiger partial charge in [-0.2, -0.15) is 0 Å². The van der Waals surface area contributed by atoms with E-state index in [4.69, 9.17) is 11.6 Å². The van der Waals surface area contributed by atoms with E-state index in [0.29, 0.717) is 0 Å². The Morgan fingerprint density at radius 1 is 1.31 bits per heavy atom. The normalized spacial score (nSPS) is 13.8. The topological polar surface area (TPSA) is 32.3 Å². The van der Waals surface area contributed by atoms with Crippen molar-refractivity contribution in [3.8, 4) is 0 Å². The monoisotopic (exact) mass is 241 g/mol. The van der Waals surface area contributed by atoms with Gasteiger partial charge in [-0.25, -0.2) is 0 Å². The molecule has 0 amide bonds. The zero-order valence-corrected chi connectivity index (χ0v) is 10.9. The summed E-state index contributed by atoms with van der Waals surface area (Å²) in [6.45, 7) is 6.47. The predicted molar refractivity (Wildman–Crippen MR) is 68.9 cm³/mol. The molecular formula is C13H20ClNO. The first-order valence-corrected chi connectivity index (χ1v) is 5.97. The van der Waals surface area contributed by atoms with Crippen LogP contribution >= 0.6 is 11.6 Å². The van der Waals surface area contributed by atoms with E-state index in [1.165, 1.54) is 5.56 Å². The average molecular weight is 242 g/mol. The molecule has 90 valence electrons. The lowest BCUT2D eigenvalue weighted by Gasteiger charge is -2.26. The summed E-state index contributed by atoms with van der Waals surface area (Å²) >= 11 is 5.81. The number of nitrogens with one attached hydrogen (secondary N) is 1. The van der Waals surface area contributed by atoms with Crippen LogP contribution in [0.1, 0.15) is 26.3 Å². The van der Waals surface area contributed by atoms with Crippen molar-refractivity contribution in [2.75, 3.05) is 6.54 Å². The summed E-state index contributed by atoms with van der Waals surface area (Å²) in [5.41, 5.74) is 0.569. The van der Waals surface area contributed by atoms with Crippen molar-refractivity contribution in [2.45, 2.75) is 38.8 Å². The van der Waals surface area contributed by atoms with Crippen molar-refractivity contribution in [3.63, 3.8) is 0 Å². The number of aliphatic hydroxyl groups is 1. The number of halogens is 1. The van der Waals surface area contributed by atoms with E-state index >= 15 is 0 Å². The Kier molecular flexibility index (Phi) is 4.78. The fraction of sp³-hybridized carbons (Fsp3) is 0.538. The smallest absolute Gasteiger partial charge is 0.0741 e. The maximum absolute atomic E-state index is 9.74. The molecule has 1 atom stereocenters. The van der Waals surface area contributed by atoms with E-state index in [2.05, 4.69) is 5.32 Å². The lowest BCUT2D eigenvalue weighted by atomic mass is 10.0. The molecule has 0 saturated heterocycles. The molecule has 0 spiro atoms. The van der Waals surface area contributed by atoms with Gasteiger partial charge >= 0.3 is 0 Å². The van der Waals surface area contributed by atoms with Crippen LogP contribution in [0.25, 0.3) is 0 Å². The molecule has 0 aliphatic carbocycles. The summed E-state index contributed by atoms with van der Waals surface area (Å²) in [5.74, 6) is 0. The minimum absolute atomic E-state index is 0.0831. The highest BCUT2D eigenvalue weighted by Gasteiger charge is 2.20. The Balaban J connectivity index is 2.33. The molecule has 0 saturated carbocycles. The van der Waals surface area contributed by atoms with Gasteiger partial charge in [-0.3, -0.25) is 0 Å². The summed E-state index contributed by atoms with van der Waals surface area (Å²) in [4.78, 5) is 0.